The van der Waals surface area contributed by atoms with Gasteiger partial charge in [-0.15, -0.1) is 5.10 Å². The summed E-state index contributed by atoms with van der Waals surface area (Å²) in [5, 5.41) is 7.02. The molecule has 29 heavy (non-hydrogen) atoms. The Hall–Kier alpha value is -3.76. The Balaban J connectivity index is 0.00000171. The zero-order valence-electron chi connectivity index (χ0n) is 14.7. The lowest BCUT2D eigenvalue weighted by molar-refractivity contribution is -0.137. The quantitative estimate of drug-likeness (QED) is 0.489. The number of hydrogen-bond donors (Lipinski definition) is 2. The van der Waals surface area contributed by atoms with Crippen molar-refractivity contribution in [2.24, 2.45) is 0 Å². The Morgan fingerprint density at radius 1 is 1.10 bits per heavy atom. The summed E-state index contributed by atoms with van der Waals surface area (Å²) in [5.41, 5.74) is 6.47. The monoisotopic (exact) mass is 409 g/mol. The normalized spacial score (nSPS) is 11.7. The summed E-state index contributed by atoms with van der Waals surface area (Å²) in [4.78, 5) is 12.5. The number of nitrogens with two attached hydrogens (primary N) is 1. The van der Waals surface area contributed by atoms with Gasteiger partial charge in [0.05, 0.1) is 16.8 Å². The maximum atomic E-state index is 13.5. The molecule has 0 aliphatic rings. The van der Waals surface area contributed by atoms with E-state index in [4.69, 9.17) is 5.73 Å². The fourth-order valence-corrected chi connectivity index (χ4v) is 2.85. The highest BCUT2D eigenvalue weighted by Gasteiger charge is 2.31. The van der Waals surface area contributed by atoms with Gasteiger partial charge < -0.3 is 11.1 Å². The molecule has 1 aromatic carbocycles. The minimum atomic E-state index is -4.63. The average molecular weight is 409 g/mol. The van der Waals surface area contributed by atoms with E-state index in [9.17, 15) is 17.6 Å². The summed E-state index contributed by atoms with van der Waals surface area (Å²) >= 11 is 0. The lowest BCUT2D eigenvalue weighted by Crippen LogP contribution is -2.08. The van der Waals surface area contributed by atoms with Crippen molar-refractivity contribution in [2.45, 2.75) is 12.7 Å². The SMILES string of the molecule is Nc1nn2cccnc2c1-c1cc(NCc2cc(F)cc(C(F)(F)F)c2)ncn1.[HH].[HH].[HH]. The number of hydrogen-bond acceptors (Lipinski definition) is 6. The van der Waals surface area contributed by atoms with Crippen molar-refractivity contribution >= 4 is 17.3 Å². The molecule has 3 aromatic heterocycles. The molecule has 0 amide bonds. The highest BCUT2D eigenvalue weighted by molar-refractivity contribution is 5.84. The molecule has 0 radical (unpaired) electrons. The van der Waals surface area contributed by atoms with E-state index in [1.807, 2.05) is 0 Å². The number of nitrogens with one attached hydrogen (secondary N) is 1. The summed E-state index contributed by atoms with van der Waals surface area (Å²) in [7, 11) is 0. The number of halogens is 4. The van der Waals surface area contributed by atoms with E-state index < -0.39 is 17.6 Å². The predicted octanol–water partition coefficient (Wildman–Crippen LogP) is 4.28. The molecular formula is C18H19F4N7. The minimum Gasteiger partial charge on any atom is -0.382 e. The molecule has 0 unspecified atom stereocenters. The molecule has 4 rings (SSSR count). The second kappa shape index (κ2) is 7.00. The Morgan fingerprint density at radius 2 is 1.93 bits per heavy atom. The van der Waals surface area contributed by atoms with Crippen molar-refractivity contribution in [3.8, 4) is 11.3 Å². The van der Waals surface area contributed by atoms with Gasteiger partial charge in [-0.1, -0.05) is 0 Å². The Morgan fingerprint density at radius 3 is 2.72 bits per heavy atom. The van der Waals surface area contributed by atoms with Gasteiger partial charge in [-0.2, -0.15) is 13.2 Å². The number of nitrogen functional groups attached to an aromatic ring is 1. The van der Waals surface area contributed by atoms with Crippen molar-refractivity contribution < 1.29 is 21.8 Å². The van der Waals surface area contributed by atoms with Crippen molar-refractivity contribution in [2.75, 3.05) is 11.1 Å². The van der Waals surface area contributed by atoms with Gasteiger partial charge >= 0.3 is 6.18 Å². The highest BCUT2D eigenvalue weighted by atomic mass is 19.4. The molecule has 3 N–H and O–H groups in total. The first-order valence-electron chi connectivity index (χ1n) is 8.33. The smallest absolute Gasteiger partial charge is 0.382 e. The predicted molar refractivity (Wildman–Crippen MR) is 103 cm³/mol. The molecule has 4 aromatic rings. The molecule has 0 aliphatic heterocycles. The Labute approximate surface area is 165 Å². The van der Waals surface area contributed by atoms with Crippen LogP contribution in [-0.2, 0) is 12.7 Å². The lowest BCUT2D eigenvalue weighted by atomic mass is 10.1. The van der Waals surface area contributed by atoms with Crippen LogP contribution < -0.4 is 11.1 Å². The van der Waals surface area contributed by atoms with Crippen molar-refractivity contribution in [3.63, 3.8) is 0 Å². The van der Waals surface area contributed by atoms with Gasteiger partial charge in [-0.25, -0.2) is 23.9 Å². The summed E-state index contributed by atoms with van der Waals surface area (Å²) in [6, 6.07) is 5.62. The number of fused-ring (bicyclic) bond motifs is 1. The largest absolute Gasteiger partial charge is 0.416 e. The summed E-state index contributed by atoms with van der Waals surface area (Å²) < 4.78 is 53.6. The van der Waals surface area contributed by atoms with Gasteiger partial charge in [0.15, 0.2) is 11.5 Å². The first-order valence-corrected chi connectivity index (χ1v) is 8.33. The van der Waals surface area contributed by atoms with Gasteiger partial charge in [0.1, 0.15) is 18.0 Å². The van der Waals surface area contributed by atoms with Crippen LogP contribution in [0.2, 0.25) is 0 Å². The van der Waals surface area contributed by atoms with Gasteiger partial charge in [0.25, 0.3) is 0 Å². The van der Waals surface area contributed by atoms with Gasteiger partial charge in [0, 0.05) is 29.3 Å². The molecular weight excluding hydrogens is 390 g/mol. The van der Waals surface area contributed by atoms with Crippen LogP contribution in [0.5, 0.6) is 0 Å². The lowest BCUT2D eigenvalue weighted by Gasteiger charge is -2.11. The van der Waals surface area contributed by atoms with E-state index in [0.717, 1.165) is 12.1 Å². The molecule has 154 valence electrons. The number of alkyl halides is 3. The fourth-order valence-electron chi connectivity index (χ4n) is 2.85. The number of aromatic nitrogens is 5. The van der Waals surface area contributed by atoms with E-state index in [1.54, 1.807) is 24.5 Å². The third-order valence-electron chi connectivity index (χ3n) is 4.10. The molecule has 3 heterocycles. The second-order valence-corrected chi connectivity index (χ2v) is 6.14. The van der Waals surface area contributed by atoms with Crippen LogP contribution in [0.1, 0.15) is 15.4 Å². The van der Waals surface area contributed by atoms with E-state index in [2.05, 4.69) is 25.4 Å². The molecule has 7 nitrogen and oxygen atoms in total. The number of anilines is 2. The first kappa shape index (κ1) is 18.6. The van der Waals surface area contributed by atoms with E-state index in [0.29, 0.717) is 28.8 Å². The van der Waals surface area contributed by atoms with Crippen LogP contribution in [0.25, 0.3) is 16.9 Å². The Kier molecular flexibility index (Phi) is 4.49. The summed E-state index contributed by atoms with van der Waals surface area (Å²) in [6.07, 6.45) is -0.0869. The Bertz CT molecular complexity index is 1200. The van der Waals surface area contributed by atoms with Crippen LogP contribution in [-0.4, -0.2) is 24.6 Å². The van der Waals surface area contributed by atoms with Crippen LogP contribution in [0.3, 0.4) is 0 Å². The molecule has 0 atom stereocenters. The molecule has 11 heteroatoms. The molecule has 0 saturated heterocycles. The number of benzene rings is 1. The highest BCUT2D eigenvalue weighted by Crippen LogP contribution is 2.31. The number of nitrogens with zero attached hydrogens (tertiary/aromatic N) is 5. The number of rotatable bonds is 4. The maximum Gasteiger partial charge on any atom is 0.416 e. The van der Waals surface area contributed by atoms with E-state index in [1.165, 1.54) is 10.8 Å². The van der Waals surface area contributed by atoms with E-state index in [-0.39, 0.29) is 22.2 Å². The van der Waals surface area contributed by atoms with Crippen LogP contribution in [0, 0.1) is 5.82 Å². The molecule has 0 fully saturated rings. The maximum absolute atomic E-state index is 13.5. The van der Waals surface area contributed by atoms with Crippen molar-refractivity contribution in [1.29, 1.82) is 0 Å². The van der Waals surface area contributed by atoms with Crippen LogP contribution in [0.15, 0.2) is 49.1 Å². The third-order valence-corrected chi connectivity index (χ3v) is 4.10. The third kappa shape index (κ3) is 3.79. The zero-order chi connectivity index (χ0) is 20.6. The summed E-state index contributed by atoms with van der Waals surface area (Å²) in [5.74, 6) is -0.430. The van der Waals surface area contributed by atoms with Gasteiger partial charge in [0.2, 0.25) is 0 Å². The molecule has 0 saturated carbocycles. The summed E-state index contributed by atoms with van der Waals surface area (Å²) in [6.45, 7) is -0.0697. The average Bonchev–Trinajstić information content (AvgIpc) is 3.01. The minimum absolute atomic E-state index is 0. The molecule has 0 spiro atoms. The van der Waals surface area contributed by atoms with Crippen LogP contribution >= 0.6 is 0 Å². The molecule has 0 aliphatic carbocycles. The van der Waals surface area contributed by atoms with Gasteiger partial charge in [-0.3, -0.25) is 0 Å². The fraction of sp³-hybridized carbons (Fsp3) is 0.111. The van der Waals surface area contributed by atoms with Crippen LogP contribution in [0.4, 0.5) is 29.2 Å². The first-order chi connectivity index (χ1) is 13.8. The van der Waals surface area contributed by atoms with Gasteiger partial charge in [-0.05, 0) is 29.8 Å². The molecule has 0 bridgehead atoms. The second-order valence-electron chi connectivity index (χ2n) is 6.14. The van der Waals surface area contributed by atoms with Crippen molar-refractivity contribution in [3.05, 3.63) is 66.0 Å². The van der Waals surface area contributed by atoms with E-state index >= 15 is 0 Å². The standard InChI is InChI=1S/C18H13F4N7.3H2/c19-12-5-10(4-11(6-12)18(20,21)22)8-25-14-7-13(26-9-27-14)15-16(23)28-29-3-1-2-24-17(15)29;;;/h1-7,9H,8H2,(H2,23,28)(H,25,26,27);3*1H. The zero-order valence-corrected chi connectivity index (χ0v) is 14.7. The van der Waals surface area contributed by atoms with Crippen molar-refractivity contribution in [1.82, 2.24) is 24.6 Å². The topological polar surface area (TPSA) is 94.0 Å².